The Balaban J connectivity index is 1.57. The lowest BCUT2D eigenvalue weighted by Gasteiger charge is -2.32. The van der Waals surface area contributed by atoms with E-state index in [1.807, 2.05) is 24.0 Å². The van der Waals surface area contributed by atoms with Crippen LogP contribution in [0.4, 0.5) is 16.0 Å². The summed E-state index contributed by atoms with van der Waals surface area (Å²) in [5.74, 6) is 0.679. The van der Waals surface area contributed by atoms with Crippen molar-refractivity contribution in [1.82, 2.24) is 9.97 Å². The summed E-state index contributed by atoms with van der Waals surface area (Å²) < 4.78 is 13.2. The number of aryl methyl sites for hydroxylation is 1. The van der Waals surface area contributed by atoms with E-state index in [0.29, 0.717) is 24.7 Å². The number of pyridine rings is 2. The van der Waals surface area contributed by atoms with Crippen LogP contribution in [0.15, 0.2) is 36.4 Å². The van der Waals surface area contributed by atoms with Crippen molar-refractivity contribution < 1.29 is 9.18 Å². The maximum Gasteiger partial charge on any atom is 0.228 e. The van der Waals surface area contributed by atoms with E-state index < -0.39 is 5.95 Å². The first-order chi connectivity index (χ1) is 11.1. The average molecular weight is 314 g/mol. The largest absolute Gasteiger partial charge is 0.356 e. The minimum absolute atomic E-state index is 0.00467. The van der Waals surface area contributed by atoms with Crippen LogP contribution >= 0.6 is 0 Å². The van der Waals surface area contributed by atoms with Crippen molar-refractivity contribution in [2.24, 2.45) is 5.92 Å². The third-order valence-electron chi connectivity index (χ3n) is 4.03. The molecule has 6 heteroatoms. The molecule has 120 valence electrons. The molecule has 0 atom stereocenters. The summed E-state index contributed by atoms with van der Waals surface area (Å²) in [5, 5.41) is 2.87. The van der Waals surface area contributed by atoms with Gasteiger partial charge in [0.2, 0.25) is 11.9 Å². The molecule has 23 heavy (non-hydrogen) atoms. The molecular weight excluding hydrogens is 295 g/mol. The number of halogens is 1. The van der Waals surface area contributed by atoms with Crippen LogP contribution in [0.25, 0.3) is 0 Å². The quantitative estimate of drug-likeness (QED) is 0.885. The Kier molecular flexibility index (Phi) is 4.50. The highest BCUT2D eigenvalue weighted by Crippen LogP contribution is 2.23. The summed E-state index contributed by atoms with van der Waals surface area (Å²) in [7, 11) is 0. The molecule has 1 aliphatic heterocycles. The number of carbonyl (C=O) groups excluding carboxylic acids is 1. The molecule has 0 aliphatic carbocycles. The number of hydrogen-bond donors (Lipinski definition) is 1. The topological polar surface area (TPSA) is 58.1 Å². The molecule has 0 aromatic carbocycles. The highest BCUT2D eigenvalue weighted by molar-refractivity contribution is 5.91. The zero-order valence-electron chi connectivity index (χ0n) is 13.0. The predicted molar refractivity (Wildman–Crippen MR) is 86.7 cm³/mol. The first-order valence-corrected chi connectivity index (χ1v) is 7.74. The van der Waals surface area contributed by atoms with Crippen LogP contribution in [-0.2, 0) is 4.79 Å². The number of amides is 1. The monoisotopic (exact) mass is 314 g/mol. The maximum atomic E-state index is 13.2. The van der Waals surface area contributed by atoms with Crippen LogP contribution in [0.3, 0.4) is 0 Å². The molecule has 1 N–H and O–H groups in total. The number of hydrogen-bond acceptors (Lipinski definition) is 4. The van der Waals surface area contributed by atoms with E-state index >= 15 is 0 Å². The van der Waals surface area contributed by atoms with Gasteiger partial charge in [0.1, 0.15) is 11.6 Å². The summed E-state index contributed by atoms with van der Waals surface area (Å²) in [6.45, 7) is 3.27. The van der Waals surface area contributed by atoms with Gasteiger partial charge in [0.05, 0.1) is 0 Å². The van der Waals surface area contributed by atoms with Gasteiger partial charge in [-0.1, -0.05) is 12.1 Å². The van der Waals surface area contributed by atoms with Gasteiger partial charge in [-0.3, -0.25) is 4.79 Å². The smallest absolute Gasteiger partial charge is 0.228 e. The molecule has 0 saturated carbocycles. The zero-order valence-corrected chi connectivity index (χ0v) is 13.0. The molecule has 0 spiro atoms. The van der Waals surface area contributed by atoms with Gasteiger partial charge in [0, 0.05) is 24.7 Å². The second kappa shape index (κ2) is 6.73. The van der Waals surface area contributed by atoms with Crippen molar-refractivity contribution in [3.8, 4) is 0 Å². The molecule has 0 unspecified atom stereocenters. The third kappa shape index (κ3) is 3.83. The Labute approximate surface area is 134 Å². The number of carbonyl (C=O) groups is 1. The standard InChI is InChI=1S/C17H19FN4O/c1-12-4-2-6-15(19-12)21-17(23)13-8-10-22(11-9-13)16-7-3-5-14(18)20-16/h2-7,13H,8-11H2,1H3,(H,19,21,23). The molecule has 1 aliphatic rings. The van der Waals surface area contributed by atoms with Gasteiger partial charge in [-0.15, -0.1) is 0 Å². The van der Waals surface area contributed by atoms with E-state index in [9.17, 15) is 9.18 Å². The Bertz CT molecular complexity index is 698. The molecule has 1 saturated heterocycles. The summed E-state index contributed by atoms with van der Waals surface area (Å²) >= 11 is 0. The number of nitrogens with one attached hydrogen (secondary N) is 1. The molecular formula is C17H19FN4O. The van der Waals surface area contributed by atoms with Crippen LogP contribution in [0.5, 0.6) is 0 Å². The Morgan fingerprint density at radius 1 is 1.17 bits per heavy atom. The number of aromatic nitrogens is 2. The zero-order chi connectivity index (χ0) is 16.2. The van der Waals surface area contributed by atoms with Crippen molar-refractivity contribution >= 4 is 17.5 Å². The molecule has 1 amide bonds. The Morgan fingerprint density at radius 2 is 1.91 bits per heavy atom. The fourth-order valence-corrected chi connectivity index (χ4v) is 2.79. The number of nitrogens with zero attached hydrogens (tertiary/aromatic N) is 3. The van der Waals surface area contributed by atoms with Gasteiger partial charge < -0.3 is 10.2 Å². The van der Waals surface area contributed by atoms with Crippen molar-refractivity contribution in [2.45, 2.75) is 19.8 Å². The van der Waals surface area contributed by atoms with Gasteiger partial charge >= 0.3 is 0 Å². The second-order valence-corrected chi connectivity index (χ2v) is 5.73. The highest BCUT2D eigenvalue weighted by atomic mass is 19.1. The SMILES string of the molecule is Cc1cccc(NC(=O)C2CCN(c3cccc(F)n3)CC2)n1. The highest BCUT2D eigenvalue weighted by Gasteiger charge is 2.26. The summed E-state index contributed by atoms with van der Waals surface area (Å²) in [6.07, 6.45) is 1.44. The average Bonchev–Trinajstić information content (AvgIpc) is 2.55. The van der Waals surface area contributed by atoms with Crippen LogP contribution in [0, 0.1) is 18.8 Å². The van der Waals surface area contributed by atoms with Crippen molar-refractivity contribution in [1.29, 1.82) is 0 Å². The van der Waals surface area contributed by atoms with E-state index in [4.69, 9.17) is 0 Å². The first kappa shape index (κ1) is 15.4. The van der Waals surface area contributed by atoms with Gasteiger partial charge in [-0.05, 0) is 44.0 Å². The minimum atomic E-state index is -0.479. The molecule has 2 aromatic rings. The molecule has 3 heterocycles. The van der Waals surface area contributed by atoms with Gasteiger partial charge in [0.15, 0.2) is 0 Å². The summed E-state index contributed by atoms with van der Waals surface area (Å²) in [4.78, 5) is 22.5. The summed E-state index contributed by atoms with van der Waals surface area (Å²) in [5.41, 5.74) is 0.870. The molecule has 0 radical (unpaired) electrons. The van der Waals surface area contributed by atoms with Crippen LogP contribution in [0.1, 0.15) is 18.5 Å². The van der Waals surface area contributed by atoms with Crippen molar-refractivity contribution in [3.05, 3.63) is 48.0 Å². The molecule has 1 fully saturated rings. The molecule has 0 bridgehead atoms. The number of rotatable bonds is 3. The maximum absolute atomic E-state index is 13.2. The van der Waals surface area contributed by atoms with Crippen LogP contribution < -0.4 is 10.2 Å². The second-order valence-electron chi connectivity index (χ2n) is 5.73. The Hall–Kier alpha value is -2.50. The van der Waals surface area contributed by atoms with Crippen LogP contribution in [0.2, 0.25) is 0 Å². The molecule has 5 nitrogen and oxygen atoms in total. The fraction of sp³-hybridized carbons (Fsp3) is 0.353. The van der Waals surface area contributed by atoms with E-state index in [0.717, 1.165) is 18.5 Å². The van der Waals surface area contributed by atoms with E-state index in [1.165, 1.54) is 6.07 Å². The van der Waals surface area contributed by atoms with E-state index in [-0.39, 0.29) is 11.8 Å². The van der Waals surface area contributed by atoms with Gasteiger partial charge in [-0.2, -0.15) is 4.39 Å². The fourth-order valence-electron chi connectivity index (χ4n) is 2.79. The van der Waals surface area contributed by atoms with Crippen molar-refractivity contribution in [3.63, 3.8) is 0 Å². The molecule has 2 aromatic heterocycles. The number of anilines is 2. The third-order valence-corrected chi connectivity index (χ3v) is 4.03. The lowest BCUT2D eigenvalue weighted by molar-refractivity contribution is -0.120. The van der Waals surface area contributed by atoms with Gasteiger partial charge in [-0.25, -0.2) is 9.97 Å². The van der Waals surface area contributed by atoms with Gasteiger partial charge in [0.25, 0.3) is 0 Å². The summed E-state index contributed by atoms with van der Waals surface area (Å²) in [6, 6.07) is 10.3. The van der Waals surface area contributed by atoms with E-state index in [2.05, 4.69) is 15.3 Å². The molecule has 3 rings (SSSR count). The lowest BCUT2D eigenvalue weighted by Crippen LogP contribution is -2.38. The van der Waals surface area contributed by atoms with E-state index in [1.54, 1.807) is 18.2 Å². The van der Waals surface area contributed by atoms with Crippen LogP contribution in [-0.4, -0.2) is 29.0 Å². The first-order valence-electron chi connectivity index (χ1n) is 7.74. The Morgan fingerprint density at radius 3 is 2.61 bits per heavy atom. The number of piperidine rings is 1. The predicted octanol–water partition coefficient (Wildman–Crippen LogP) is 2.78. The van der Waals surface area contributed by atoms with Crippen molar-refractivity contribution in [2.75, 3.05) is 23.3 Å². The minimum Gasteiger partial charge on any atom is -0.356 e. The normalized spacial score (nSPS) is 15.5. The lowest BCUT2D eigenvalue weighted by atomic mass is 9.96.